The van der Waals surface area contributed by atoms with Gasteiger partial charge in [0.2, 0.25) is 0 Å². The van der Waals surface area contributed by atoms with Crippen LogP contribution in [0.1, 0.15) is 55.2 Å². The number of halogens is 1. The number of aryl methyl sites for hydroxylation is 1. The molecule has 0 aromatic heterocycles. The van der Waals surface area contributed by atoms with Crippen LogP contribution in [0, 0.1) is 0 Å². The molecular formula is C21H25Br. The standard InChI is InChI=1S/C21H25Br/c22-15-8-4-2-1-3-5-10-17-12-9-14-20-19-13-7-6-11-18(19)16-21(17)20/h6-7,9,11-14H,1-5,8,10,15-16H2. The maximum Gasteiger partial charge on any atom is 0.00313 e. The van der Waals surface area contributed by atoms with Gasteiger partial charge in [0.1, 0.15) is 0 Å². The third kappa shape index (κ3) is 3.63. The van der Waals surface area contributed by atoms with E-state index in [-0.39, 0.29) is 0 Å². The fourth-order valence-electron chi connectivity index (χ4n) is 3.57. The Bertz CT molecular complexity index is 615. The molecule has 0 spiro atoms. The number of rotatable bonds is 8. The third-order valence-electron chi connectivity index (χ3n) is 4.78. The lowest BCUT2D eigenvalue weighted by Gasteiger charge is -2.08. The molecule has 0 amide bonds. The molecule has 0 bridgehead atoms. The molecule has 0 N–H and O–H groups in total. The van der Waals surface area contributed by atoms with Gasteiger partial charge in [-0.15, -0.1) is 0 Å². The smallest absolute Gasteiger partial charge is 0.00313 e. The van der Waals surface area contributed by atoms with Gasteiger partial charge in [-0.3, -0.25) is 0 Å². The van der Waals surface area contributed by atoms with E-state index in [4.69, 9.17) is 0 Å². The van der Waals surface area contributed by atoms with Gasteiger partial charge in [0, 0.05) is 5.33 Å². The monoisotopic (exact) mass is 356 g/mol. The molecular weight excluding hydrogens is 332 g/mol. The number of hydrogen-bond acceptors (Lipinski definition) is 0. The first kappa shape index (κ1) is 15.8. The van der Waals surface area contributed by atoms with Crippen molar-refractivity contribution in [3.63, 3.8) is 0 Å². The summed E-state index contributed by atoms with van der Waals surface area (Å²) in [6.07, 6.45) is 10.6. The third-order valence-corrected chi connectivity index (χ3v) is 5.34. The zero-order valence-corrected chi connectivity index (χ0v) is 14.9. The second-order valence-electron chi connectivity index (χ2n) is 6.34. The van der Waals surface area contributed by atoms with E-state index in [2.05, 4.69) is 58.4 Å². The summed E-state index contributed by atoms with van der Waals surface area (Å²) in [6.45, 7) is 0. The van der Waals surface area contributed by atoms with Crippen molar-refractivity contribution in [1.29, 1.82) is 0 Å². The number of hydrogen-bond donors (Lipinski definition) is 0. The van der Waals surface area contributed by atoms with Gasteiger partial charge >= 0.3 is 0 Å². The molecule has 2 aromatic carbocycles. The van der Waals surface area contributed by atoms with Crippen LogP contribution in [0.25, 0.3) is 11.1 Å². The van der Waals surface area contributed by atoms with Crippen molar-refractivity contribution < 1.29 is 0 Å². The van der Waals surface area contributed by atoms with Crippen LogP contribution in [0.5, 0.6) is 0 Å². The molecule has 0 radical (unpaired) electrons. The second kappa shape index (κ2) is 7.97. The number of benzene rings is 2. The number of alkyl halides is 1. The average Bonchev–Trinajstić information content (AvgIpc) is 2.93. The Balaban J connectivity index is 1.56. The molecule has 116 valence electrons. The molecule has 0 nitrogen and oxygen atoms in total. The van der Waals surface area contributed by atoms with Crippen LogP contribution in [0.4, 0.5) is 0 Å². The largest absolute Gasteiger partial charge is 0.0928 e. The van der Waals surface area contributed by atoms with Gasteiger partial charge in [0.15, 0.2) is 0 Å². The molecule has 0 atom stereocenters. The van der Waals surface area contributed by atoms with Gasteiger partial charge in [-0.25, -0.2) is 0 Å². The number of unbranched alkanes of at least 4 members (excludes halogenated alkanes) is 5. The van der Waals surface area contributed by atoms with Crippen LogP contribution in [0.3, 0.4) is 0 Å². The summed E-state index contributed by atoms with van der Waals surface area (Å²) in [7, 11) is 0. The van der Waals surface area contributed by atoms with E-state index in [0.29, 0.717) is 0 Å². The maximum absolute atomic E-state index is 3.50. The highest BCUT2D eigenvalue weighted by molar-refractivity contribution is 9.09. The summed E-state index contributed by atoms with van der Waals surface area (Å²) in [5, 5.41) is 1.16. The molecule has 0 heterocycles. The fourth-order valence-corrected chi connectivity index (χ4v) is 3.97. The minimum Gasteiger partial charge on any atom is -0.0928 e. The van der Waals surface area contributed by atoms with Crippen LogP contribution < -0.4 is 0 Å². The van der Waals surface area contributed by atoms with Crippen LogP contribution in [0.2, 0.25) is 0 Å². The van der Waals surface area contributed by atoms with Crippen LogP contribution >= 0.6 is 15.9 Å². The Labute approximate surface area is 143 Å². The minimum atomic E-state index is 1.13. The van der Waals surface area contributed by atoms with Crippen molar-refractivity contribution in [3.05, 3.63) is 59.2 Å². The Morgan fingerprint density at radius 3 is 2.32 bits per heavy atom. The molecule has 2 aromatic rings. The second-order valence-corrected chi connectivity index (χ2v) is 7.13. The van der Waals surface area contributed by atoms with Crippen LogP contribution in [-0.4, -0.2) is 5.33 Å². The van der Waals surface area contributed by atoms with Gasteiger partial charge in [0.25, 0.3) is 0 Å². The van der Waals surface area contributed by atoms with Crippen molar-refractivity contribution in [3.8, 4) is 11.1 Å². The van der Waals surface area contributed by atoms with Crippen molar-refractivity contribution in [2.75, 3.05) is 5.33 Å². The zero-order valence-electron chi connectivity index (χ0n) is 13.3. The predicted molar refractivity (Wildman–Crippen MR) is 99.9 cm³/mol. The first-order valence-corrected chi connectivity index (χ1v) is 9.77. The SMILES string of the molecule is BrCCCCCCCCc1cccc2c1Cc1ccccc1-2. The van der Waals surface area contributed by atoms with E-state index in [9.17, 15) is 0 Å². The molecule has 22 heavy (non-hydrogen) atoms. The Morgan fingerprint density at radius 2 is 1.45 bits per heavy atom. The van der Waals surface area contributed by atoms with Crippen molar-refractivity contribution in [1.82, 2.24) is 0 Å². The lowest BCUT2D eigenvalue weighted by atomic mass is 9.97. The quantitative estimate of drug-likeness (QED) is 0.317. The summed E-state index contributed by atoms with van der Waals surface area (Å²) in [5.74, 6) is 0. The lowest BCUT2D eigenvalue weighted by molar-refractivity contribution is 0.609. The molecule has 1 aliphatic rings. The molecule has 0 saturated carbocycles. The van der Waals surface area contributed by atoms with E-state index in [1.165, 1.54) is 61.6 Å². The summed E-state index contributed by atoms with van der Waals surface area (Å²) in [5.41, 5.74) is 7.59. The highest BCUT2D eigenvalue weighted by Crippen LogP contribution is 2.38. The van der Waals surface area contributed by atoms with Gasteiger partial charge in [-0.1, -0.05) is 84.1 Å². The van der Waals surface area contributed by atoms with Gasteiger partial charge < -0.3 is 0 Å². The van der Waals surface area contributed by atoms with Crippen LogP contribution in [-0.2, 0) is 12.8 Å². The topological polar surface area (TPSA) is 0 Å². The first-order chi connectivity index (χ1) is 10.9. The van der Waals surface area contributed by atoms with Crippen molar-refractivity contribution in [2.24, 2.45) is 0 Å². The van der Waals surface area contributed by atoms with Gasteiger partial charge in [-0.2, -0.15) is 0 Å². The predicted octanol–water partition coefficient (Wildman–Crippen LogP) is 6.54. The minimum absolute atomic E-state index is 1.13. The highest BCUT2D eigenvalue weighted by Gasteiger charge is 2.19. The molecule has 0 unspecified atom stereocenters. The Hall–Kier alpha value is -1.08. The van der Waals surface area contributed by atoms with E-state index in [0.717, 1.165) is 11.8 Å². The summed E-state index contributed by atoms with van der Waals surface area (Å²) in [4.78, 5) is 0. The molecule has 0 saturated heterocycles. The summed E-state index contributed by atoms with van der Waals surface area (Å²) < 4.78 is 0. The van der Waals surface area contributed by atoms with E-state index < -0.39 is 0 Å². The normalized spacial score (nSPS) is 12.2. The van der Waals surface area contributed by atoms with E-state index in [1.54, 1.807) is 11.1 Å². The van der Waals surface area contributed by atoms with Gasteiger partial charge in [0.05, 0.1) is 0 Å². The van der Waals surface area contributed by atoms with E-state index in [1.807, 2.05) is 0 Å². The zero-order chi connectivity index (χ0) is 15.2. The average molecular weight is 357 g/mol. The molecule has 0 fully saturated rings. The molecule has 1 aliphatic carbocycles. The highest BCUT2D eigenvalue weighted by atomic mass is 79.9. The molecule has 0 aliphatic heterocycles. The number of fused-ring (bicyclic) bond motifs is 3. The lowest BCUT2D eigenvalue weighted by Crippen LogP contribution is -1.93. The first-order valence-electron chi connectivity index (χ1n) is 8.65. The maximum atomic E-state index is 3.50. The Kier molecular flexibility index (Phi) is 5.72. The summed E-state index contributed by atoms with van der Waals surface area (Å²) >= 11 is 3.50. The van der Waals surface area contributed by atoms with E-state index >= 15 is 0 Å². The molecule has 1 heteroatoms. The molecule has 3 rings (SSSR count). The van der Waals surface area contributed by atoms with Gasteiger partial charge in [-0.05, 0) is 53.5 Å². The van der Waals surface area contributed by atoms with Crippen LogP contribution in [0.15, 0.2) is 42.5 Å². The summed E-state index contributed by atoms with van der Waals surface area (Å²) in [6, 6.07) is 15.8. The Morgan fingerprint density at radius 1 is 0.727 bits per heavy atom. The van der Waals surface area contributed by atoms with Crippen molar-refractivity contribution >= 4 is 15.9 Å². The van der Waals surface area contributed by atoms with Crippen molar-refractivity contribution in [2.45, 2.75) is 51.4 Å². The fraction of sp³-hybridized carbons (Fsp3) is 0.429.